The Bertz CT molecular complexity index is 1570. The van der Waals surface area contributed by atoms with E-state index in [1.165, 1.54) is 18.2 Å². The van der Waals surface area contributed by atoms with Gasteiger partial charge in [0.15, 0.2) is 0 Å². The lowest BCUT2D eigenvalue weighted by atomic mass is 10.1. The maximum Gasteiger partial charge on any atom is 0.270 e. The van der Waals surface area contributed by atoms with Crippen LogP contribution < -0.4 is 5.56 Å². The van der Waals surface area contributed by atoms with Crippen molar-refractivity contribution in [1.82, 2.24) is 14.5 Å². The van der Waals surface area contributed by atoms with Crippen LogP contribution in [0.2, 0.25) is 5.02 Å². The number of amides is 1. The van der Waals surface area contributed by atoms with E-state index in [-0.39, 0.29) is 27.7 Å². The van der Waals surface area contributed by atoms with Crippen LogP contribution in [0.3, 0.4) is 0 Å². The Kier molecular flexibility index (Phi) is 8.76. The third-order valence-corrected chi connectivity index (χ3v) is 7.19. The van der Waals surface area contributed by atoms with Crippen LogP contribution in [0, 0.1) is 10.1 Å². The number of aromatic nitrogens is 2. The standard InChI is InChI=1S/C30H31ClN4O4/c1-4-7-18-33(29(36)23-17-16-22(35(38)39)19-25(23)31)27(6-3)28-32-26-11-9-8-10-24(26)30(37)34(28)21-14-12-20(5-2)13-15-21/h8-17,19,27H,4-7,18H2,1-3H3. The Hall–Kier alpha value is -4.04. The molecule has 0 bridgehead atoms. The lowest BCUT2D eigenvalue weighted by Gasteiger charge is -2.32. The van der Waals surface area contributed by atoms with Gasteiger partial charge in [-0.2, -0.15) is 0 Å². The molecule has 0 spiro atoms. The van der Waals surface area contributed by atoms with E-state index in [0.717, 1.165) is 24.8 Å². The van der Waals surface area contributed by atoms with Crippen molar-refractivity contribution < 1.29 is 9.72 Å². The van der Waals surface area contributed by atoms with Crippen molar-refractivity contribution >= 4 is 34.1 Å². The molecule has 8 nitrogen and oxygen atoms in total. The predicted octanol–water partition coefficient (Wildman–Crippen LogP) is 6.90. The number of para-hydroxylation sites is 1. The Balaban J connectivity index is 1.92. The van der Waals surface area contributed by atoms with E-state index < -0.39 is 11.0 Å². The molecule has 0 aliphatic rings. The third kappa shape index (κ3) is 5.71. The summed E-state index contributed by atoms with van der Waals surface area (Å²) in [4.78, 5) is 45.1. The Morgan fingerprint density at radius 1 is 1.08 bits per heavy atom. The van der Waals surface area contributed by atoms with Crippen LogP contribution in [0.15, 0.2) is 71.5 Å². The molecule has 1 atom stereocenters. The highest BCUT2D eigenvalue weighted by Crippen LogP contribution is 2.31. The highest BCUT2D eigenvalue weighted by molar-refractivity contribution is 6.34. The first kappa shape index (κ1) is 28.0. The number of nitro groups is 1. The van der Waals surface area contributed by atoms with Crippen molar-refractivity contribution in [3.05, 3.63) is 109 Å². The third-order valence-electron chi connectivity index (χ3n) is 6.87. The van der Waals surface area contributed by atoms with Crippen molar-refractivity contribution in [3.8, 4) is 5.69 Å². The van der Waals surface area contributed by atoms with E-state index in [0.29, 0.717) is 35.4 Å². The lowest BCUT2D eigenvalue weighted by Crippen LogP contribution is -2.39. The van der Waals surface area contributed by atoms with E-state index >= 15 is 0 Å². The highest BCUT2D eigenvalue weighted by atomic mass is 35.5. The van der Waals surface area contributed by atoms with Gasteiger partial charge in [-0.15, -0.1) is 0 Å². The minimum atomic E-state index is -0.557. The van der Waals surface area contributed by atoms with E-state index in [2.05, 4.69) is 6.92 Å². The van der Waals surface area contributed by atoms with E-state index in [1.54, 1.807) is 27.7 Å². The molecule has 0 aliphatic carbocycles. The minimum Gasteiger partial charge on any atom is -0.328 e. The molecule has 4 aromatic rings. The van der Waals surface area contributed by atoms with Crippen molar-refractivity contribution in [3.63, 3.8) is 0 Å². The molecule has 1 unspecified atom stereocenters. The van der Waals surface area contributed by atoms with Crippen molar-refractivity contribution in [2.24, 2.45) is 0 Å². The zero-order valence-corrected chi connectivity index (χ0v) is 23.0. The van der Waals surface area contributed by atoms with Crippen LogP contribution in [0.1, 0.15) is 67.8 Å². The lowest BCUT2D eigenvalue weighted by molar-refractivity contribution is -0.384. The van der Waals surface area contributed by atoms with Crippen LogP contribution in [-0.2, 0) is 6.42 Å². The number of nitro benzene ring substituents is 1. The summed E-state index contributed by atoms with van der Waals surface area (Å²) in [5.41, 5.74) is 2.12. The van der Waals surface area contributed by atoms with Crippen LogP contribution in [0.5, 0.6) is 0 Å². The average molecular weight is 547 g/mol. The molecule has 1 amide bonds. The molecule has 4 rings (SSSR count). The van der Waals surface area contributed by atoms with Gasteiger partial charge < -0.3 is 4.90 Å². The van der Waals surface area contributed by atoms with Gasteiger partial charge in [-0.05, 0) is 55.2 Å². The van der Waals surface area contributed by atoms with Gasteiger partial charge in [-0.1, -0.05) is 63.1 Å². The number of halogens is 1. The van der Waals surface area contributed by atoms with E-state index in [4.69, 9.17) is 16.6 Å². The van der Waals surface area contributed by atoms with Gasteiger partial charge in [-0.25, -0.2) is 4.98 Å². The van der Waals surface area contributed by atoms with Gasteiger partial charge in [0.25, 0.3) is 17.2 Å². The summed E-state index contributed by atoms with van der Waals surface area (Å²) in [5.74, 6) is 0.0819. The van der Waals surface area contributed by atoms with Crippen molar-refractivity contribution in [2.75, 3.05) is 6.54 Å². The zero-order valence-electron chi connectivity index (χ0n) is 22.3. The molecule has 1 aromatic heterocycles. The van der Waals surface area contributed by atoms with Gasteiger partial charge in [-0.3, -0.25) is 24.3 Å². The van der Waals surface area contributed by atoms with Gasteiger partial charge in [0.05, 0.1) is 38.1 Å². The summed E-state index contributed by atoms with van der Waals surface area (Å²) in [5, 5.41) is 11.7. The topological polar surface area (TPSA) is 98.3 Å². The summed E-state index contributed by atoms with van der Waals surface area (Å²) in [7, 11) is 0. The molecule has 202 valence electrons. The average Bonchev–Trinajstić information content (AvgIpc) is 2.95. The molecule has 39 heavy (non-hydrogen) atoms. The molecule has 0 radical (unpaired) electrons. The maximum atomic E-state index is 14.0. The Morgan fingerprint density at radius 3 is 2.41 bits per heavy atom. The van der Waals surface area contributed by atoms with Crippen molar-refractivity contribution in [2.45, 2.75) is 52.5 Å². The molecule has 1 heterocycles. The predicted molar refractivity (Wildman–Crippen MR) is 154 cm³/mol. The SMILES string of the molecule is CCCCN(C(=O)c1ccc([N+](=O)[O-])cc1Cl)C(CC)c1nc2ccccc2c(=O)n1-c1ccc(CC)cc1. The fourth-order valence-corrected chi connectivity index (χ4v) is 4.97. The van der Waals surface area contributed by atoms with Crippen LogP contribution >= 0.6 is 11.6 Å². The molecule has 0 N–H and O–H groups in total. The first-order valence-corrected chi connectivity index (χ1v) is 13.5. The summed E-state index contributed by atoms with van der Waals surface area (Å²) in [6.07, 6.45) is 2.91. The number of hydrogen-bond acceptors (Lipinski definition) is 5. The number of non-ortho nitro benzene ring substituents is 1. The number of fused-ring (bicyclic) bond motifs is 1. The van der Waals surface area contributed by atoms with Gasteiger partial charge in [0, 0.05) is 18.7 Å². The van der Waals surface area contributed by atoms with Crippen LogP contribution in [0.25, 0.3) is 16.6 Å². The van der Waals surface area contributed by atoms with E-state index in [1.807, 2.05) is 44.2 Å². The largest absolute Gasteiger partial charge is 0.328 e. The number of unbranched alkanes of at least 4 members (excludes halogenated alkanes) is 1. The summed E-state index contributed by atoms with van der Waals surface area (Å²) in [6, 6.07) is 18.2. The molecule has 9 heteroatoms. The number of nitrogens with zero attached hydrogens (tertiary/aromatic N) is 4. The van der Waals surface area contributed by atoms with E-state index in [9.17, 15) is 19.7 Å². The molecular formula is C30H31ClN4O4. The number of carbonyl (C=O) groups is 1. The second kappa shape index (κ2) is 12.2. The minimum absolute atomic E-state index is 0.00423. The van der Waals surface area contributed by atoms with Crippen LogP contribution in [0.4, 0.5) is 5.69 Å². The molecule has 0 aliphatic heterocycles. The fraction of sp³-hybridized carbons (Fsp3) is 0.300. The smallest absolute Gasteiger partial charge is 0.270 e. The number of hydrogen-bond donors (Lipinski definition) is 0. The summed E-state index contributed by atoms with van der Waals surface area (Å²) < 4.78 is 1.60. The monoisotopic (exact) mass is 546 g/mol. The van der Waals surface area contributed by atoms with Gasteiger partial charge in [0.1, 0.15) is 5.82 Å². The first-order chi connectivity index (χ1) is 18.8. The Labute approximate surface area is 232 Å². The summed E-state index contributed by atoms with van der Waals surface area (Å²) in [6.45, 7) is 6.44. The number of benzene rings is 3. The molecular weight excluding hydrogens is 516 g/mol. The highest BCUT2D eigenvalue weighted by Gasteiger charge is 2.31. The Morgan fingerprint density at radius 2 is 1.79 bits per heavy atom. The maximum absolute atomic E-state index is 14.0. The zero-order chi connectivity index (χ0) is 28.1. The normalized spacial score (nSPS) is 11.9. The molecule has 3 aromatic carbocycles. The van der Waals surface area contributed by atoms with Crippen LogP contribution in [-0.4, -0.2) is 31.8 Å². The summed E-state index contributed by atoms with van der Waals surface area (Å²) >= 11 is 6.38. The quantitative estimate of drug-likeness (QED) is 0.159. The molecule has 0 saturated carbocycles. The second-order valence-electron chi connectivity index (χ2n) is 9.35. The second-order valence-corrected chi connectivity index (χ2v) is 9.75. The molecule has 0 saturated heterocycles. The van der Waals surface area contributed by atoms with Gasteiger partial charge in [0.2, 0.25) is 0 Å². The number of rotatable bonds is 10. The number of aryl methyl sites for hydroxylation is 1. The number of carbonyl (C=O) groups excluding carboxylic acids is 1. The first-order valence-electron chi connectivity index (χ1n) is 13.2. The molecule has 0 fully saturated rings. The van der Waals surface area contributed by atoms with Crippen molar-refractivity contribution in [1.29, 1.82) is 0 Å². The van der Waals surface area contributed by atoms with Gasteiger partial charge >= 0.3 is 0 Å². The fourth-order valence-electron chi connectivity index (χ4n) is 4.72.